The number of alkyl halides is 1. The van der Waals surface area contributed by atoms with E-state index < -0.39 is 5.97 Å². The zero-order valence-electron chi connectivity index (χ0n) is 12.3. The van der Waals surface area contributed by atoms with Gasteiger partial charge in [-0.2, -0.15) is 5.10 Å². The van der Waals surface area contributed by atoms with Gasteiger partial charge in [-0.25, -0.2) is 9.48 Å². The standard InChI is InChI=1S/C13H18ClN5O2/c1-4-9-6-10(18(3)16-9)8-19-11(7-14)12(15-17-19)13(20)21-5-2/h6H,4-5,7-8H2,1-3H3. The van der Waals surface area contributed by atoms with E-state index >= 15 is 0 Å². The lowest BCUT2D eigenvalue weighted by Crippen LogP contribution is -2.12. The molecule has 7 nitrogen and oxygen atoms in total. The van der Waals surface area contributed by atoms with Gasteiger partial charge in [0.15, 0.2) is 5.69 Å². The van der Waals surface area contributed by atoms with Crippen LogP contribution in [-0.4, -0.2) is 37.4 Å². The molecule has 0 saturated carbocycles. The fraction of sp³-hybridized carbons (Fsp3) is 0.538. The summed E-state index contributed by atoms with van der Waals surface area (Å²) in [5.41, 5.74) is 2.70. The number of rotatable bonds is 6. The molecule has 0 aliphatic heterocycles. The first-order valence-corrected chi connectivity index (χ1v) is 7.31. The third kappa shape index (κ3) is 3.24. The average Bonchev–Trinajstić information content (AvgIpc) is 3.03. The van der Waals surface area contributed by atoms with Crippen LogP contribution in [0.3, 0.4) is 0 Å². The van der Waals surface area contributed by atoms with E-state index in [9.17, 15) is 4.79 Å². The maximum Gasteiger partial charge on any atom is 0.360 e. The molecule has 0 radical (unpaired) electrons. The topological polar surface area (TPSA) is 74.8 Å². The maximum atomic E-state index is 11.8. The lowest BCUT2D eigenvalue weighted by molar-refractivity contribution is 0.0518. The fourth-order valence-corrected chi connectivity index (χ4v) is 2.26. The molecule has 0 saturated heterocycles. The summed E-state index contributed by atoms with van der Waals surface area (Å²) >= 11 is 5.93. The fourth-order valence-electron chi connectivity index (χ4n) is 2.00. The van der Waals surface area contributed by atoms with E-state index in [0.29, 0.717) is 12.2 Å². The van der Waals surface area contributed by atoms with E-state index in [1.165, 1.54) is 0 Å². The first kappa shape index (κ1) is 15.5. The highest BCUT2D eigenvalue weighted by atomic mass is 35.5. The van der Waals surface area contributed by atoms with Crippen LogP contribution in [0.2, 0.25) is 0 Å². The maximum absolute atomic E-state index is 11.8. The van der Waals surface area contributed by atoms with Crippen LogP contribution < -0.4 is 0 Å². The Kier molecular flexibility index (Phi) is 4.95. The Hall–Kier alpha value is -1.89. The van der Waals surface area contributed by atoms with Gasteiger partial charge in [-0.15, -0.1) is 16.7 Å². The van der Waals surface area contributed by atoms with Crippen molar-refractivity contribution in [2.45, 2.75) is 32.7 Å². The van der Waals surface area contributed by atoms with Crippen LogP contribution in [0.1, 0.15) is 41.4 Å². The molecule has 2 heterocycles. The van der Waals surface area contributed by atoms with E-state index in [2.05, 4.69) is 15.4 Å². The van der Waals surface area contributed by atoms with Crippen molar-refractivity contribution >= 4 is 17.6 Å². The molecule has 114 valence electrons. The van der Waals surface area contributed by atoms with Crippen LogP contribution in [0.4, 0.5) is 0 Å². The minimum absolute atomic E-state index is 0.139. The molecule has 0 unspecified atom stereocenters. The van der Waals surface area contributed by atoms with Gasteiger partial charge < -0.3 is 4.74 Å². The Balaban J connectivity index is 2.28. The summed E-state index contributed by atoms with van der Waals surface area (Å²) < 4.78 is 8.35. The number of carbonyl (C=O) groups is 1. The van der Waals surface area contributed by atoms with Crippen molar-refractivity contribution in [1.29, 1.82) is 0 Å². The second-order valence-corrected chi connectivity index (χ2v) is 4.77. The number of aryl methyl sites for hydroxylation is 2. The lowest BCUT2D eigenvalue weighted by atomic mass is 10.3. The molecular weight excluding hydrogens is 294 g/mol. The Morgan fingerprint density at radius 2 is 2.19 bits per heavy atom. The molecule has 2 aromatic rings. The van der Waals surface area contributed by atoms with Gasteiger partial charge in [-0.1, -0.05) is 12.1 Å². The number of hydrogen-bond donors (Lipinski definition) is 0. The van der Waals surface area contributed by atoms with Crippen molar-refractivity contribution in [1.82, 2.24) is 24.8 Å². The van der Waals surface area contributed by atoms with Gasteiger partial charge in [0, 0.05) is 7.05 Å². The molecule has 8 heteroatoms. The molecule has 0 N–H and O–H groups in total. The first-order valence-electron chi connectivity index (χ1n) is 6.77. The Bertz CT molecular complexity index is 635. The van der Waals surface area contributed by atoms with Crippen LogP contribution in [0.5, 0.6) is 0 Å². The summed E-state index contributed by atoms with van der Waals surface area (Å²) in [6.45, 7) is 4.53. The summed E-state index contributed by atoms with van der Waals surface area (Å²) in [5.74, 6) is -0.363. The van der Waals surface area contributed by atoms with Crippen LogP contribution in [0.25, 0.3) is 0 Å². The first-order chi connectivity index (χ1) is 10.1. The van der Waals surface area contributed by atoms with Gasteiger partial charge in [0.1, 0.15) is 0 Å². The van der Waals surface area contributed by atoms with Crippen LogP contribution in [0, 0.1) is 0 Å². The molecule has 0 bridgehead atoms. The number of esters is 1. The van der Waals surface area contributed by atoms with E-state index in [1.807, 2.05) is 20.0 Å². The normalized spacial score (nSPS) is 10.9. The van der Waals surface area contributed by atoms with Crippen molar-refractivity contribution in [2.75, 3.05) is 6.61 Å². The van der Waals surface area contributed by atoms with Crippen molar-refractivity contribution in [3.63, 3.8) is 0 Å². The lowest BCUT2D eigenvalue weighted by Gasteiger charge is -2.05. The SMILES string of the molecule is CCOC(=O)c1nnn(Cc2cc(CC)nn2C)c1CCl. The summed E-state index contributed by atoms with van der Waals surface area (Å²) in [5, 5.41) is 12.3. The predicted molar refractivity (Wildman–Crippen MR) is 77.2 cm³/mol. The van der Waals surface area contributed by atoms with Gasteiger partial charge in [-0.3, -0.25) is 4.68 Å². The zero-order chi connectivity index (χ0) is 15.4. The van der Waals surface area contributed by atoms with Gasteiger partial charge >= 0.3 is 5.97 Å². The Morgan fingerprint density at radius 1 is 1.43 bits per heavy atom. The molecule has 0 aliphatic carbocycles. The van der Waals surface area contributed by atoms with E-state index in [4.69, 9.17) is 16.3 Å². The quantitative estimate of drug-likeness (QED) is 0.597. The van der Waals surface area contributed by atoms with Crippen molar-refractivity contribution < 1.29 is 9.53 Å². The summed E-state index contributed by atoms with van der Waals surface area (Å²) in [6.07, 6.45) is 0.863. The summed E-state index contributed by atoms with van der Waals surface area (Å²) in [6, 6.07) is 2.00. The number of carbonyl (C=O) groups excluding carboxylic acids is 1. The van der Waals surface area contributed by atoms with Gasteiger partial charge in [0.2, 0.25) is 0 Å². The number of ether oxygens (including phenoxy) is 1. The molecule has 2 rings (SSSR count). The van der Waals surface area contributed by atoms with Crippen molar-refractivity contribution in [3.8, 4) is 0 Å². The van der Waals surface area contributed by atoms with Crippen LogP contribution in [-0.2, 0) is 30.6 Å². The molecule has 0 aliphatic rings. The Morgan fingerprint density at radius 3 is 2.76 bits per heavy atom. The third-order valence-corrected chi connectivity index (χ3v) is 3.39. The second-order valence-electron chi connectivity index (χ2n) is 4.50. The zero-order valence-corrected chi connectivity index (χ0v) is 13.1. The van der Waals surface area contributed by atoms with E-state index in [1.54, 1.807) is 16.3 Å². The number of hydrogen-bond acceptors (Lipinski definition) is 5. The second kappa shape index (κ2) is 6.71. The van der Waals surface area contributed by atoms with Gasteiger partial charge in [0.05, 0.1) is 36.1 Å². The highest BCUT2D eigenvalue weighted by molar-refractivity contribution is 6.17. The summed E-state index contributed by atoms with van der Waals surface area (Å²) in [7, 11) is 1.87. The smallest absolute Gasteiger partial charge is 0.360 e. The Labute approximate surface area is 127 Å². The van der Waals surface area contributed by atoms with Gasteiger partial charge in [0.25, 0.3) is 0 Å². The monoisotopic (exact) mass is 311 g/mol. The summed E-state index contributed by atoms with van der Waals surface area (Å²) in [4.78, 5) is 11.8. The minimum atomic E-state index is -0.501. The molecule has 0 amide bonds. The molecule has 21 heavy (non-hydrogen) atoms. The largest absolute Gasteiger partial charge is 0.461 e. The average molecular weight is 312 g/mol. The molecule has 2 aromatic heterocycles. The molecule has 0 aromatic carbocycles. The van der Waals surface area contributed by atoms with Crippen LogP contribution >= 0.6 is 11.6 Å². The van der Waals surface area contributed by atoms with Crippen LogP contribution in [0.15, 0.2) is 6.07 Å². The highest BCUT2D eigenvalue weighted by Gasteiger charge is 2.20. The minimum Gasteiger partial charge on any atom is -0.461 e. The predicted octanol–water partition coefficient (Wildman–Crippen LogP) is 1.54. The highest BCUT2D eigenvalue weighted by Crippen LogP contribution is 2.13. The molecule has 0 spiro atoms. The van der Waals surface area contributed by atoms with E-state index in [0.717, 1.165) is 17.8 Å². The van der Waals surface area contributed by atoms with E-state index in [-0.39, 0.29) is 18.2 Å². The number of halogens is 1. The molecule has 0 fully saturated rings. The van der Waals surface area contributed by atoms with Crippen molar-refractivity contribution in [3.05, 3.63) is 28.8 Å². The van der Waals surface area contributed by atoms with Crippen molar-refractivity contribution in [2.24, 2.45) is 7.05 Å². The molecular formula is C13H18ClN5O2. The third-order valence-electron chi connectivity index (χ3n) is 3.13. The number of nitrogens with zero attached hydrogens (tertiary/aromatic N) is 5. The number of aromatic nitrogens is 5. The molecule has 0 atom stereocenters. The van der Waals surface area contributed by atoms with Gasteiger partial charge in [-0.05, 0) is 19.4 Å².